The number of amides is 1. The molecule has 1 aromatic heterocycles. The monoisotopic (exact) mass is 281 g/mol. The molecule has 0 fully saturated rings. The second kappa shape index (κ2) is 5.23. The minimum absolute atomic E-state index is 0.0686. The van der Waals surface area contributed by atoms with Crippen LogP contribution in [-0.4, -0.2) is 24.0 Å². The standard InChI is InChI=1S/C11H12BrN3O/c12-10-9(4-2-6-14-10)15-11(16)8-3-1-5-13-7-8/h2-4,6,13H,1,5,7H2,(H,15,16). The number of hydrogen-bond donors (Lipinski definition) is 2. The third kappa shape index (κ3) is 2.68. The highest BCUT2D eigenvalue weighted by molar-refractivity contribution is 9.10. The molecule has 1 aliphatic rings. The van der Waals surface area contributed by atoms with Crippen LogP contribution < -0.4 is 10.6 Å². The van der Waals surface area contributed by atoms with Gasteiger partial charge >= 0.3 is 0 Å². The van der Waals surface area contributed by atoms with E-state index in [0.29, 0.717) is 16.8 Å². The average Bonchev–Trinajstić information content (AvgIpc) is 2.33. The lowest BCUT2D eigenvalue weighted by atomic mass is 10.1. The Hall–Kier alpha value is -1.20. The summed E-state index contributed by atoms with van der Waals surface area (Å²) in [4.78, 5) is 15.9. The van der Waals surface area contributed by atoms with Gasteiger partial charge in [-0.3, -0.25) is 4.79 Å². The third-order valence-electron chi connectivity index (χ3n) is 2.33. The normalized spacial score (nSPS) is 15.4. The largest absolute Gasteiger partial charge is 0.320 e. The van der Waals surface area contributed by atoms with Gasteiger partial charge in [0.2, 0.25) is 0 Å². The Balaban J connectivity index is 2.07. The van der Waals surface area contributed by atoms with Gasteiger partial charge in [-0.1, -0.05) is 6.08 Å². The SMILES string of the molecule is O=C(Nc1cccnc1Br)C1=CCCNC1. The number of rotatable bonds is 2. The molecule has 2 rings (SSSR count). The van der Waals surface area contributed by atoms with Gasteiger partial charge in [0, 0.05) is 18.3 Å². The van der Waals surface area contributed by atoms with Crippen molar-refractivity contribution in [1.82, 2.24) is 10.3 Å². The fourth-order valence-electron chi connectivity index (χ4n) is 1.50. The molecule has 0 saturated heterocycles. The Bertz CT molecular complexity index is 431. The van der Waals surface area contributed by atoms with Crippen molar-refractivity contribution < 1.29 is 4.79 Å². The number of hydrogen-bond acceptors (Lipinski definition) is 3. The lowest BCUT2D eigenvalue weighted by Crippen LogP contribution is -2.29. The number of nitrogens with one attached hydrogen (secondary N) is 2. The summed E-state index contributed by atoms with van der Waals surface area (Å²) in [5.74, 6) is -0.0686. The molecule has 0 radical (unpaired) electrons. The van der Waals surface area contributed by atoms with Crippen molar-refractivity contribution in [3.8, 4) is 0 Å². The van der Waals surface area contributed by atoms with Gasteiger partial charge in [-0.25, -0.2) is 4.98 Å². The first-order valence-corrected chi connectivity index (χ1v) is 5.88. The van der Waals surface area contributed by atoms with E-state index < -0.39 is 0 Å². The van der Waals surface area contributed by atoms with E-state index in [-0.39, 0.29) is 5.91 Å². The zero-order valence-electron chi connectivity index (χ0n) is 8.66. The van der Waals surface area contributed by atoms with Gasteiger partial charge in [0.1, 0.15) is 4.60 Å². The highest BCUT2D eigenvalue weighted by Gasteiger charge is 2.13. The van der Waals surface area contributed by atoms with Crippen molar-refractivity contribution in [2.45, 2.75) is 6.42 Å². The predicted octanol–water partition coefficient (Wildman–Crippen LogP) is 1.70. The molecule has 84 valence electrons. The van der Waals surface area contributed by atoms with Crippen LogP contribution in [0.2, 0.25) is 0 Å². The van der Waals surface area contributed by atoms with Crippen LogP contribution in [0, 0.1) is 0 Å². The fourth-order valence-corrected chi connectivity index (χ4v) is 1.85. The first-order valence-electron chi connectivity index (χ1n) is 5.09. The maximum absolute atomic E-state index is 11.9. The number of carbonyl (C=O) groups excluding carboxylic acids is 1. The summed E-state index contributed by atoms with van der Waals surface area (Å²) in [6.07, 6.45) is 4.54. The molecule has 0 saturated carbocycles. The lowest BCUT2D eigenvalue weighted by molar-refractivity contribution is -0.113. The summed E-state index contributed by atoms with van der Waals surface area (Å²) in [5.41, 5.74) is 1.47. The number of nitrogens with zero attached hydrogens (tertiary/aromatic N) is 1. The second-order valence-corrected chi connectivity index (χ2v) is 4.24. The lowest BCUT2D eigenvalue weighted by Gasteiger charge is -2.14. The van der Waals surface area contributed by atoms with Gasteiger partial charge in [-0.2, -0.15) is 0 Å². The quantitative estimate of drug-likeness (QED) is 0.812. The van der Waals surface area contributed by atoms with Gasteiger partial charge in [-0.15, -0.1) is 0 Å². The number of halogens is 1. The molecular formula is C11H12BrN3O. The molecule has 0 unspecified atom stereocenters. The van der Waals surface area contributed by atoms with Gasteiger partial charge in [0.05, 0.1) is 5.69 Å². The second-order valence-electron chi connectivity index (χ2n) is 3.49. The average molecular weight is 282 g/mol. The van der Waals surface area contributed by atoms with Crippen molar-refractivity contribution in [2.75, 3.05) is 18.4 Å². The van der Waals surface area contributed by atoms with E-state index in [1.165, 1.54) is 0 Å². The number of aromatic nitrogens is 1. The van der Waals surface area contributed by atoms with Crippen molar-refractivity contribution in [3.63, 3.8) is 0 Å². The number of anilines is 1. The molecular weight excluding hydrogens is 270 g/mol. The molecule has 2 heterocycles. The topological polar surface area (TPSA) is 54.0 Å². The Morgan fingerprint density at radius 1 is 1.56 bits per heavy atom. The van der Waals surface area contributed by atoms with E-state index >= 15 is 0 Å². The minimum Gasteiger partial charge on any atom is -0.320 e. The van der Waals surface area contributed by atoms with Gasteiger partial charge in [-0.05, 0) is 41.0 Å². The van der Waals surface area contributed by atoms with Crippen LogP contribution in [0.5, 0.6) is 0 Å². The first kappa shape index (κ1) is 11.3. The highest BCUT2D eigenvalue weighted by atomic mass is 79.9. The van der Waals surface area contributed by atoms with E-state index in [4.69, 9.17) is 0 Å². The molecule has 16 heavy (non-hydrogen) atoms. The molecule has 0 aliphatic carbocycles. The minimum atomic E-state index is -0.0686. The Labute approximate surface area is 102 Å². The summed E-state index contributed by atoms with van der Waals surface area (Å²) in [6.45, 7) is 1.57. The first-order chi connectivity index (χ1) is 7.77. The zero-order valence-corrected chi connectivity index (χ0v) is 10.3. The van der Waals surface area contributed by atoms with E-state index in [1.54, 1.807) is 12.3 Å². The van der Waals surface area contributed by atoms with Crippen molar-refractivity contribution >= 4 is 27.5 Å². The maximum Gasteiger partial charge on any atom is 0.252 e. The third-order valence-corrected chi connectivity index (χ3v) is 2.96. The zero-order chi connectivity index (χ0) is 11.4. The van der Waals surface area contributed by atoms with Crippen LogP contribution in [0.4, 0.5) is 5.69 Å². The van der Waals surface area contributed by atoms with Gasteiger partial charge < -0.3 is 10.6 Å². The van der Waals surface area contributed by atoms with E-state index in [9.17, 15) is 4.79 Å². The van der Waals surface area contributed by atoms with E-state index in [1.807, 2.05) is 12.1 Å². The summed E-state index contributed by atoms with van der Waals surface area (Å²) >= 11 is 3.29. The van der Waals surface area contributed by atoms with Crippen LogP contribution >= 0.6 is 15.9 Å². The van der Waals surface area contributed by atoms with Crippen molar-refractivity contribution in [2.24, 2.45) is 0 Å². The van der Waals surface area contributed by atoms with Crippen LogP contribution in [0.15, 0.2) is 34.6 Å². The highest BCUT2D eigenvalue weighted by Crippen LogP contribution is 2.19. The van der Waals surface area contributed by atoms with Gasteiger partial charge in [0.25, 0.3) is 5.91 Å². The number of carbonyl (C=O) groups is 1. The molecule has 1 aromatic rings. The predicted molar refractivity (Wildman–Crippen MR) is 66.1 cm³/mol. The van der Waals surface area contributed by atoms with Crippen molar-refractivity contribution in [3.05, 3.63) is 34.6 Å². The van der Waals surface area contributed by atoms with Crippen LogP contribution in [0.25, 0.3) is 0 Å². The maximum atomic E-state index is 11.9. The molecule has 1 amide bonds. The molecule has 1 aliphatic heterocycles. The van der Waals surface area contributed by atoms with E-state index in [0.717, 1.165) is 18.5 Å². The molecule has 0 spiro atoms. The Kier molecular flexibility index (Phi) is 3.69. The molecule has 0 bridgehead atoms. The molecule has 4 nitrogen and oxygen atoms in total. The summed E-state index contributed by atoms with van der Waals surface area (Å²) in [5, 5.41) is 5.98. The van der Waals surface area contributed by atoms with Crippen LogP contribution in [-0.2, 0) is 4.79 Å². The van der Waals surface area contributed by atoms with Crippen LogP contribution in [0.3, 0.4) is 0 Å². The number of pyridine rings is 1. The van der Waals surface area contributed by atoms with Crippen molar-refractivity contribution in [1.29, 1.82) is 0 Å². The summed E-state index contributed by atoms with van der Waals surface area (Å²) in [6, 6.07) is 3.60. The fraction of sp³-hybridized carbons (Fsp3) is 0.273. The molecule has 5 heteroatoms. The van der Waals surface area contributed by atoms with Gasteiger partial charge in [0.15, 0.2) is 0 Å². The molecule has 0 aromatic carbocycles. The molecule has 2 N–H and O–H groups in total. The Morgan fingerprint density at radius 3 is 3.12 bits per heavy atom. The van der Waals surface area contributed by atoms with E-state index in [2.05, 4.69) is 31.5 Å². The summed E-state index contributed by atoms with van der Waals surface area (Å²) in [7, 11) is 0. The summed E-state index contributed by atoms with van der Waals surface area (Å²) < 4.78 is 0.646. The molecule has 0 atom stereocenters. The Morgan fingerprint density at radius 2 is 2.44 bits per heavy atom. The van der Waals surface area contributed by atoms with Crippen LogP contribution in [0.1, 0.15) is 6.42 Å². The smallest absolute Gasteiger partial charge is 0.252 e.